The van der Waals surface area contributed by atoms with Crippen molar-refractivity contribution in [1.29, 1.82) is 0 Å². The van der Waals surface area contributed by atoms with Gasteiger partial charge in [0.2, 0.25) is 0 Å². The summed E-state index contributed by atoms with van der Waals surface area (Å²) in [4.78, 5) is 28.9. The zero-order valence-corrected chi connectivity index (χ0v) is 9.94. The van der Waals surface area contributed by atoms with Crippen LogP contribution in [-0.4, -0.2) is 14.5 Å². The zero-order chi connectivity index (χ0) is 13.1. The van der Waals surface area contributed by atoms with Crippen molar-refractivity contribution in [2.75, 3.05) is 5.43 Å². The molecule has 2 rings (SSSR count). The summed E-state index contributed by atoms with van der Waals surface area (Å²) in [7, 11) is 0. The molecular formula is C10H10ClN5O2. The summed E-state index contributed by atoms with van der Waals surface area (Å²) in [6.45, 7) is 0.185. The average molecular weight is 268 g/mol. The Hall–Kier alpha value is -2.12. The Morgan fingerprint density at radius 2 is 2.22 bits per heavy atom. The second-order valence-electron chi connectivity index (χ2n) is 3.52. The van der Waals surface area contributed by atoms with Gasteiger partial charge in [-0.3, -0.25) is 14.3 Å². The molecule has 18 heavy (non-hydrogen) atoms. The molecule has 0 amide bonds. The fraction of sp³-hybridized carbons (Fsp3) is 0.100. The largest absolute Gasteiger partial charge is 0.328 e. The molecule has 0 bridgehead atoms. The Morgan fingerprint density at radius 1 is 1.44 bits per heavy atom. The smallest absolute Gasteiger partial charge is 0.308 e. The third-order valence-corrected chi connectivity index (χ3v) is 2.52. The fourth-order valence-electron chi connectivity index (χ4n) is 1.42. The van der Waals surface area contributed by atoms with Gasteiger partial charge in [0.25, 0.3) is 5.56 Å². The molecule has 0 saturated heterocycles. The highest BCUT2D eigenvalue weighted by atomic mass is 35.5. The summed E-state index contributed by atoms with van der Waals surface area (Å²) in [6.07, 6.45) is 1.27. The minimum Gasteiger partial charge on any atom is -0.308 e. The Balaban J connectivity index is 2.36. The number of rotatable bonds is 3. The van der Waals surface area contributed by atoms with Crippen LogP contribution in [0.25, 0.3) is 0 Å². The number of pyridine rings is 1. The molecule has 4 N–H and O–H groups in total. The third kappa shape index (κ3) is 2.58. The van der Waals surface area contributed by atoms with Crippen molar-refractivity contribution >= 4 is 17.4 Å². The molecule has 7 nitrogen and oxygen atoms in total. The number of anilines is 1. The number of hydrazine groups is 1. The minimum absolute atomic E-state index is 0.0531. The van der Waals surface area contributed by atoms with E-state index in [9.17, 15) is 9.59 Å². The first-order valence-corrected chi connectivity index (χ1v) is 5.40. The molecule has 2 aromatic rings. The molecule has 0 aliphatic carbocycles. The molecule has 0 unspecified atom stereocenters. The zero-order valence-electron chi connectivity index (χ0n) is 9.18. The van der Waals surface area contributed by atoms with Gasteiger partial charge in [-0.2, -0.15) is 0 Å². The first-order chi connectivity index (χ1) is 8.60. The van der Waals surface area contributed by atoms with Gasteiger partial charge in [0.1, 0.15) is 10.8 Å². The van der Waals surface area contributed by atoms with E-state index in [0.717, 1.165) is 0 Å². The lowest BCUT2D eigenvalue weighted by Gasteiger charge is -2.06. The molecule has 0 spiro atoms. The maximum Gasteiger partial charge on any atom is 0.328 e. The molecule has 2 aromatic heterocycles. The van der Waals surface area contributed by atoms with Gasteiger partial charge >= 0.3 is 5.69 Å². The second kappa shape index (κ2) is 5.03. The Labute approximate surface area is 106 Å². The number of halogens is 1. The van der Waals surface area contributed by atoms with Crippen molar-refractivity contribution < 1.29 is 0 Å². The van der Waals surface area contributed by atoms with Crippen LogP contribution in [-0.2, 0) is 6.54 Å². The van der Waals surface area contributed by atoms with Crippen LogP contribution >= 0.6 is 11.6 Å². The maximum atomic E-state index is 11.5. The van der Waals surface area contributed by atoms with E-state index >= 15 is 0 Å². The molecule has 0 fully saturated rings. The van der Waals surface area contributed by atoms with Crippen molar-refractivity contribution in [2.45, 2.75) is 6.54 Å². The Bertz CT molecular complexity index is 678. The number of nitrogens with one attached hydrogen (secondary N) is 2. The summed E-state index contributed by atoms with van der Waals surface area (Å²) in [5.74, 6) is 5.72. The van der Waals surface area contributed by atoms with Gasteiger partial charge in [-0.1, -0.05) is 17.7 Å². The molecule has 0 saturated carbocycles. The van der Waals surface area contributed by atoms with Gasteiger partial charge in [0.15, 0.2) is 0 Å². The lowest BCUT2D eigenvalue weighted by atomic mass is 10.3. The summed E-state index contributed by atoms with van der Waals surface area (Å²) in [5, 5.41) is -0.0531. The highest BCUT2D eigenvalue weighted by Gasteiger charge is 2.04. The predicted molar refractivity (Wildman–Crippen MR) is 67.5 cm³/mol. The number of nitrogens with zero attached hydrogens (tertiary/aromatic N) is 2. The molecular weight excluding hydrogens is 258 g/mol. The van der Waals surface area contributed by atoms with Crippen LogP contribution in [0.15, 0.2) is 34.0 Å². The minimum atomic E-state index is -0.608. The number of aromatic nitrogens is 3. The quantitative estimate of drug-likeness (QED) is 0.533. The molecule has 0 atom stereocenters. The lowest BCUT2D eigenvalue weighted by Crippen LogP contribution is -2.30. The summed E-state index contributed by atoms with van der Waals surface area (Å²) >= 11 is 5.65. The monoisotopic (exact) mass is 267 g/mol. The highest BCUT2D eigenvalue weighted by molar-refractivity contribution is 6.30. The standard InChI is InChI=1S/C10H10ClN5O2/c11-7-5-16(10(18)14-9(7)17)4-6-2-1-3-8(13-6)15-12/h1-3,5H,4,12H2,(H,13,15)(H,14,17,18). The van der Waals surface area contributed by atoms with E-state index in [4.69, 9.17) is 17.4 Å². The number of hydrogen-bond donors (Lipinski definition) is 3. The molecule has 0 radical (unpaired) electrons. The van der Waals surface area contributed by atoms with Gasteiger partial charge in [0, 0.05) is 6.20 Å². The third-order valence-electron chi connectivity index (χ3n) is 2.25. The Kier molecular flexibility index (Phi) is 3.45. The topological polar surface area (TPSA) is 106 Å². The summed E-state index contributed by atoms with van der Waals surface area (Å²) in [6, 6.07) is 5.16. The molecule has 94 valence electrons. The van der Waals surface area contributed by atoms with E-state index in [1.54, 1.807) is 18.2 Å². The number of hydrogen-bond acceptors (Lipinski definition) is 5. The van der Waals surface area contributed by atoms with Crippen LogP contribution in [0.4, 0.5) is 5.82 Å². The van der Waals surface area contributed by atoms with Crippen LogP contribution in [0.1, 0.15) is 5.69 Å². The second-order valence-corrected chi connectivity index (χ2v) is 3.93. The molecule has 0 aromatic carbocycles. The van der Waals surface area contributed by atoms with Crippen molar-refractivity contribution in [1.82, 2.24) is 14.5 Å². The van der Waals surface area contributed by atoms with Gasteiger partial charge in [-0.15, -0.1) is 0 Å². The van der Waals surface area contributed by atoms with Crippen LogP contribution in [0.5, 0.6) is 0 Å². The number of nitrogen functional groups attached to an aromatic ring is 1. The molecule has 0 aliphatic rings. The van der Waals surface area contributed by atoms with Crippen LogP contribution in [0.3, 0.4) is 0 Å². The molecule has 0 aliphatic heterocycles. The Morgan fingerprint density at radius 3 is 2.94 bits per heavy atom. The maximum absolute atomic E-state index is 11.5. The molecule has 8 heteroatoms. The first-order valence-electron chi connectivity index (χ1n) is 5.02. The van der Waals surface area contributed by atoms with E-state index in [1.165, 1.54) is 10.8 Å². The highest BCUT2D eigenvalue weighted by Crippen LogP contribution is 2.05. The first kappa shape index (κ1) is 12.3. The number of H-pyrrole nitrogens is 1. The van der Waals surface area contributed by atoms with E-state index < -0.39 is 11.2 Å². The van der Waals surface area contributed by atoms with Gasteiger partial charge in [0.05, 0.1) is 12.2 Å². The number of aromatic amines is 1. The van der Waals surface area contributed by atoms with E-state index in [0.29, 0.717) is 11.5 Å². The normalized spacial score (nSPS) is 10.3. The van der Waals surface area contributed by atoms with Gasteiger partial charge in [-0.05, 0) is 12.1 Å². The van der Waals surface area contributed by atoms with Crippen LogP contribution < -0.4 is 22.5 Å². The van der Waals surface area contributed by atoms with Crippen LogP contribution in [0, 0.1) is 0 Å². The SMILES string of the molecule is NNc1cccc(Cn2cc(Cl)c(=O)[nH]c2=O)n1. The van der Waals surface area contributed by atoms with Crippen molar-refractivity contribution in [3.05, 3.63) is 56.0 Å². The molecule has 2 heterocycles. The summed E-state index contributed by atoms with van der Waals surface area (Å²) in [5.41, 5.74) is 1.86. The van der Waals surface area contributed by atoms with Crippen molar-refractivity contribution in [3.63, 3.8) is 0 Å². The van der Waals surface area contributed by atoms with Gasteiger partial charge < -0.3 is 5.43 Å². The average Bonchev–Trinajstić information content (AvgIpc) is 2.36. The predicted octanol–water partition coefficient (Wildman–Crippen LogP) is -0.0811. The van der Waals surface area contributed by atoms with E-state index in [-0.39, 0.29) is 11.6 Å². The number of nitrogens with two attached hydrogens (primary N) is 1. The van der Waals surface area contributed by atoms with E-state index in [1.807, 2.05) is 0 Å². The summed E-state index contributed by atoms with van der Waals surface area (Å²) < 4.78 is 1.26. The fourth-order valence-corrected chi connectivity index (χ4v) is 1.59. The van der Waals surface area contributed by atoms with E-state index in [2.05, 4.69) is 15.4 Å². The van der Waals surface area contributed by atoms with Crippen LogP contribution in [0.2, 0.25) is 5.02 Å². The van der Waals surface area contributed by atoms with Crippen molar-refractivity contribution in [3.8, 4) is 0 Å². The lowest BCUT2D eigenvalue weighted by molar-refractivity contribution is 0.706. The van der Waals surface area contributed by atoms with Crippen molar-refractivity contribution in [2.24, 2.45) is 5.84 Å². The van der Waals surface area contributed by atoms with Gasteiger partial charge in [-0.25, -0.2) is 15.6 Å².